The zero-order valence-electron chi connectivity index (χ0n) is 17.1. The van der Waals surface area contributed by atoms with Gasteiger partial charge in [-0.05, 0) is 49.6 Å². The van der Waals surface area contributed by atoms with E-state index in [0.717, 1.165) is 30.9 Å². The maximum Gasteiger partial charge on any atom is 0.267 e. The maximum absolute atomic E-state index is 13.4. The highest BCUT2D eigenvalue weighted by molar-refractivity contribution is 8.18. The average molecular weight is 415 g/mol. The molecule has 1 N–H and O–H groups in total. The number of amidine groups is 1. The second kappa shape index (κ2) is 9.24. The number of aliphatic imine (C=N–C) groups is 1. The summed E-state index contributed by atoms with van der Waals surface area (Å²) in [7, 11) is 1.53. The molecule has 1 heterocycles. The van der Waals surface area contributed by atoms with E-state index in [2.05, 4.69) is 0 Å². The lowest BCUT2D eigenvalue weighted by Crippen LogP contribution is -2.41. The van der Waals surface area contributed by atoms with Crippen LogP contribution in [0.2, 0.25) is 0 Å². The van der Waals surface area contributed by atoms with Crippen LogP contribution in [-0.2, 0) is 4.79 Å². The van der Waals surface area contributed by atoms with Crippen LogP contribution in [0.3, 0.4) is 0 Å². The first kappa shape index (κ1) is 20.3. The van der Waals surface area contributed by atoms with E-state index in [1.165, 1.54) is 57.4 Å². The second-order valence-electron chi connectivity index (χ2n) is 8.18. The van der Waals surface area contributed by atoms with Crippen LogP contribution in [0.1, 0.15) is 69.8 Å². The molecular formula is C23H30N2O3S. The highest BCUT2D eigenvalue weighted by Gasteiger charge is 2.39. The molecule has 1 aromatic carbocycles. The first-order chi connectivity index (χ1) is 14.2. The Morgan fingerprint density at radius 2 is 1.79 bits per heavy atom. The predicted octanol–water partition coefficient (Wildman–Crippen LogP) is 5.34. The molecule has 0 spiro atoms. The molecule has 5 nitrogen and oxygen atoms in total. The third-order valence-electron chi connectivity index (χ3n) is 6.18. The van der Waals surface area contributed by atoms with Crippen LogP contribution >= 0.6 is 11.8 Å². The molecule has 1 amide bonds. The van der Waals surface area contributed by atoms with E-state index in [9.17, 15) is 9.90 Å². The van der Waals surface area contributed by atoms with E-state index in [4.69, 9.17) is 9.73 Å². The Kier molecular flexibility index (Phi) is 6.48. The Labute approximate surface area is 177 Å². The fraction of sp³-hybridized carbons (Fsp3) is 0.565. The number of phenols is 1. The topological polar surface area (TPSA) is 62.1 Å². The van der Waals surface area contributed by atoms with Crippen LogP contribution in [0.25, 0.3) is 6.08 Å². The standard InChI is InChI=1S/C23H30N2O3S/c1-28-19-14-8-9-16(21(19)26)15-20-22(27)25(18-12-6-3-7-13-18)23(29-20)24-17-10-4-2-5-11-17/h8-9,14-15,17-18,26H,2-7,10-13H2,1H3. The Hall–Kier alpha value is -1.95. The van der Waals surface area contributed by atoms with Crippen molar-refractivity contribution in [2.45, 2.75) is 76.3 Å². The van der Waals surface area contributed by atoms with Gasteiger partial charge in [0, 0.05) is 11.6 Å². The molecule has 3 aliphatic rings. The van der Waals surface area contributed by atoms with E-state index in [1.54, 1.807) is 18.2 Å². The molecule has 0 atom stereocenters. The van der Waals surface area contributed by atoms with Crippen LogP contribution in [0.4, 0.5) is 0 Å². The molecule has 0 radical (unpaired) electrons. The van der Waals surface area contributed by atoms with Crippen LogP contribution in [-0.4, -0.2) is 40.3 Å². The van der Waals surface area contributed by atoms with Gasteiger partial charge >= 0.3 is 0 Å². The summed E-state index contributed by atoms with van der Waals surface area (Å²) in [4.78, 5) is 21.0. The number of hydrogen-bond donors (Lipinski definition) is 1. The number of ether oxygens (including phenoxy) is 1. The molecule has 4 rings (SSSR count). The van der Waals surface area contributed by atoms with Crippen molar-refractivity contribution < 1.29 is 14.6 Å². The SMILES string of the molecule is COc1cccc(C=C2SC(=NC3CCCCC3)N(C3CCCCC3)C2=O)c1O. The van der Waals surface area contributed by atoms with Crippen molar-refractivity contribution in [3.05, 3.63) is 28.7 Å². The van der Waals surface area contributed by atoms with Crippen LogP contribution in [0.5, 0.6) is 11.5 Å². The zero-order chi connectivity index (χ0) is 20.2. The van der Waals surface area contributed by atoms with Gasteiger partial charge in [-0.2, -0.15) is 0 Å². The molecule has 1 aliphatic heterocycles. The number of para-hydroxylation sites is 1. The Balaban J connectivity index is 1.65. The number of carbonyl (C=O) groups excluding carboxylic acids is 1. The lowest BCUT2D eigenvalue weighted by Gasteiger charge is -2.31. The van der Waals surface area contributed by atoms with E-state index >= 15 is 0 Å². The maximum atomic E-state index is 13.4. The first-order valence-corrected chi connectivity index (χ1v) is 11.7. The minimum Gasteiger partial charge on any atom is -0.504 e. The summed E-state index contributed by atoms with van der Waals surface area (Å²) in [5.74, 6) is 0.506. The molecule has 3 fully saturated rings. The number of benzene rings is 1. The molecule has 2 aliphatic carbocycles. The number of thioether (sulfide) groups is 1. The van der Waals surface area contributed by atoms with Crippen LogP contribution in [0.15, 0.2) is 28.1 Å². The van der Waals surface area contributed by atoms with Crippen molar-refractivity contribution >= 4 is 28.9 Å². The van der Waals surface area contributed by atoms with Gasteiger partial charge in [-0.15, -0.1) is 0 Å². The largest absolute Gasteiger partial charge is 0.504 e. The number of amides is 1. The fourth-order valence-electron chi connectivity index (χ4n) is 4.57. The van der Waals surface area contributed by atoms with Crippen molar-refractivity contribution in [2.75, 3.05) is 7.11 Å². The van der Waals surface area contributed by atoms with Gasteiger partial charge in [-0.25, -0.2) is 0 Å². The summed E-state index contributed by atoms with van der Waals surface area (Å²) in [6.45, 7) is 0. The minimum absolute atomic E-state index is 0.0266. The molecule has 0 aromatic heterocycles. The van der Waals surface area contributed by atoms with Crippen molar-refractivity contribution in [1.29, 1.82) is 0 Å². The zero-order valence-corrected chi connectivity index (χ0v) is 17.9. The molecule has 0 bridgehead atoms. The van der Waals surface area contributed by atoms with Crippen molar-refractivity contribution in [3.8, 4) is 11.5 Å². The number of phenolic OH excluding ortho intramolecular Hbond substituents is 1. The highest BCUT2D eigenvalue weighted by Crippen LogP contribution is 2.40. The predicted molar refractivity (Wildman–Crippen MR) is 118 cm³/mol. The smallest absolute Gasteiger partial charge is 0.267 e. The van der Waals surface area contributed by atoms with Crippen molar-refractivity contribution in [2.24, 2.45) is 4.99 Å². The quantitative estimate of drug-likeness (QED) is 0.676. The van der Waals surface area contributed by atoms with E-state index < -0.39 is 0 Å². The first-order valence-electron chi connectivity index (χ1n) is 10.8. The number of methoxy groups -OCH3 is 1. The Morgan fingerprint density at radius 3 is 2.48 bits per heavy atom. The molecule has 2 saturated carbocycles. The molecule has 1 aromatic rings. The fourth-order valence-corrected chi connectivity index (χ4v) is 5.67. The van der Waals surface area contributed by atoms with Gasteiger partial charge in [0.05, 0.1) is 18.1 Å². The lowest BCUT2D eigenvalue weighted by atomic mass is 9.94. The molecule has 156 valence electrons. The number of hydrogen-bond acceptors (Lipinski definition) is 5. The normalized spacial score (nSPS) is 24.6. The summed E-state index contributed by atoms with van der Waals surface area (Å²) < 4.78 is 5.21. The minimum atomic E-state index is 0.0266. The van der Waals surface area contributed by atoms with E-state index in [-0.39, 0.29) is 17.7 Å². The van der Waals surface area contributed by atoms with Gasteiger partial charge in [-0.1, -0.05) is 50.7 Å². The molecule has 1 saturated heterocycles. The third-order valence-corrected chi connectivity index (χ3v) is 7.18. The number of rotatable bonds is 4. The lowest BCUT2D eigenvalue weighted by molar-refractivity contribution is -0.124. The van der Waals surface area contributed by atoms with Crippen LogP contribution < -0.4 is 4.74 Å². The van der Waals surface area contributed by atoms with Gasteiger partial charge in [-0.3, -0.25) is 14.7 Å². The Bertz CT molecular complexity index is 808. The number of aromatic hydroxyl groups is 1. The van der Waals surface area contributed by atoms with Gasteiger partial charge in [0.2, 0.25) is 0 Å². The summed E-state index contributed by atoms with van der Waals surface area (Å²) in [6, 6.07) is 5.92. The summed E-state index contributed by atoms with van der Waals surface area (Å²) >= 11 is 1.47. The van der Waals surface area contributed by atoms with Gasteiger partial charge in [0.1, 0.15) is 0 Å². The molecule has 0 unspecified atom stereocenters. The average Bonchev–Trinajstić information content (AvgIpc) is 3.05. The van der Waals surface area contributed by atoms with Gasteiger partial charge < -0.3 is 9.84 Å². The van der Waals surface area contributed by atoms with Gasteiger partial charge in [0.15, 0.2) is 16.7 Å². The monoisotopic (exact) mass is 414 g/mol. The van der Waals surface area contributed by atoms with Crippen molar-refractivity contribution in [1.82, 2.24) is 4.90 Å². The summed E-state index contributed by atoms with van der Waals surface area (Å²) in [5, 5.41) is 11.3. The second-order valence-corrected chi connectivity index (χ2v) is 9.19. The summed E-state index contributed by atoms with van der Waals surface area (Å²) in [5.41, 5.74) is 0.600. The summed E-state index contributed by atoms with van der Waals surface area (Å²) in [6.07, 6.45) is 13.5. The molecule has 6 heteroatoms. The number of carbonyl (C=O) groups is 1. The Morgan fingerprint density at radius 1 is 1.10 bits per heavy atom. The number of nitrogens with zero attached hydrogens (tertiary/aromatic N) is 2. The highest BCUT2D eigenvalue weighted by atomic mass is 32.2. The molecular weight excluding hydrogens is 384 g/mol. The van der Waals surface area contributed by atoms with Gasteiger partial charge in [0.25, 0.3) is 5.91 Å². The van der Waals surface area contributed by atoms with E-state index in [1.807, 2.05) is 11.0 Å². The van der Waals surface area contributed by atoms with Crippen LogP contribution in [0, 0.1) is 0 Å². The van der Waals surface area contributed by atoms with Crippen molar-refractivity contribution in [3.63, 3.8) is 0 Å². The molecule has 29 heavy (non-hydrogen) atoms. The van der Waals surface area contributed by atoms with E-state index in [0.29, 0.717) is 22.3 Å². The third kappa shape index (κ3) is 4.47.